The Morgan fingerprint density at radius 3 is 2.10 bits per heavy atom. The van der Waals surface area contributed by atoms with Crippen LogP contribution in [0.3, 0.4) is 0 Å². The second-order valence-corrected chi connectivity index (χ2v) is 10.2. The molecule has 1 atom stereocenters. The maximum Gasteiger partial charge on any atom is 0.343 e. The number of methoxy groups -OCH3 is 1. The van der Waals surface area contributed by atoms with Crippen LogP contribution in [-0.2, 0) is 33.3 Å². The smallest absolute Gasteiger partial charge is 0.343 e. The van der Waals surface area contributed by atoms with E-state index in [0.29, 0.717) is 30.1 Å². The van der Waals surface area contributed by atoms with Gasteiger partial charge in [-0.1, -0.05) is 25.0 Å². The van der Waals surface area contributed by atoms with Crippen LogP contribution >= 0.6 is 0 Å². The zero-order chi connectivity index (χ0) is 36.1. The molecule has 0 amide bonds. The number of hydrogen-bond acceptors (Lipinski definition) is 11. The first-order chi connectivity index (χ1) is 24.2. The van der Waals surface area contributed by atoms with Crippen LogP contribution in [0.25, 0.3) is 0 Å². The summed E-state index contributed by atoms with van der Waals surface area (Å²) in [5, 5.41) is 0. The molecule has 0 radical (unpaired) electrons. The number of benzene rings is 3. The van der Waals surface area contributed by atoms with E-state index in [1.165, 1.54) is 36.4 Å². The molecule has 0 bridgehead atoms. The van der Waals surface area contributed by atoms with E-state index >= 15 is 0 Å². The second-order valence-electron chi connectivity index (χ2n) is 10.2. The lowest BCUT2D eigenvalue weighted by Gasteiger charge is -2.19. The number of carbonyl (C=O) groups is 4. The van der Waals surface area contributed by atoms with Gasteiger partial charge >= 0.3 is 23.9 Å². The summed E-state index contributed by atoms with van der Waals surface area (Å²) in [7, 11) is 1.57. The molecule has 0 aliphatic rings. The van der Waals surface area contributed by atoms with Gasteiger partial charge < -0.3 is 33.2 Å². The number of hydrogen-bond donors (Lipinski definition) is 0. The van der Waals surface area contributed by atoms with Crippen LogP contribution in [-0.4, -0.2) is 70.1 Å². The van der Waals surface area contributed by atoms with Crippen molar-refractivity contribution in [1.82, 2.24) is 0 Å². The molecule has 12 heteroatoms. The molecular weight excluding hydrogens is 651 g/mol. The third kappa shape index (κ3) is 14.0. The largest absolute Gasteiger partial charge is 0.497 e. The summed E-state index contributed by atoms with van der Waals surface area (Å²) in [6.07, 6.45) is 1.88. The van der Waals surface area contributed by atoms with E-state index in [-0.39, 0.29) is 50.6 Å². The molecule has 0 N–H and O–H groups in total. The lowest BCUT2D eigenvalue weighted by molar-refractivity contribution is -0.154. The predicted octanol–water partition coefficient (Wildman–Crippen LogP) is 5.39. The molecule has 0 saturated heterocycles. The van der Waals surface area contributed by atoms with Crippen LogP contribution in [0.4, 0.5) is 4.39 Å². The van der Waals surface area contributed by atoms with Gasteiger partial charge in [0.25, 0.3) is 0 Å². The van der Waals surface area contributed by atoms with Crippen molar-refractivity contribution in [2.75, 3.05) is 40.1 Å². The quantitative estimate of drug-likeness (QED) is 0.0401. The Bertz CT molecular complexity index is 1670. The first-order valence-electron chi connectivity index (χ1n) is 15.5. The van der Waals surface area contributed by atoms with Gasteiger partial charge in [0.1, 0.15) is 30.8 Å². The van der Waals surface area contributed by atoms with Gasteiger partial charge in [-0.3, -0.25) is 4.79 Å². The first-order valence-corrected chi connectivity index (χ1v) is 15.5. The van der Waals surface area contributed by atoms with Gasteiger partial charge in [0, 0.05) is 42.7 Å². The molecule has 0 heterocycles. The van der Waals surface area contributed by atoms with E-state index in [4.69, 9.17) is 33.2 Å². The topological polar surface area (TPSA) is 133 Å². The zero-order valence-corrected chi connectivity index (χ0v) is 27.5. The molecule has 0 spiro atoms. The van der Waals surface area contributed by atoms with Gasteiger partial charge in [-0.25, -0.2) is 18.8 Å². The fourth-order valence-electron chi connectivity index (χ4n) is 3.94. The van der Waals surface area contributed by atoms with Crippen molar-refractivity contribution >= 4 is 23.9 Å². The molecule has 3 aromatic carbocycles. The van der Waals surface area contributed by atoms with Crippen molar-refractivity contribution in [2.24, 2.45) is 0 Å². The normalized spacial score (nSPS) is 10.8. The standard InChI is InChI=1S/C38H37FO11/c1-4-35(40)46-22-6-21-45-23-19-32(49-37(42)20-24-47-36(41)5-2)26-48-31-16-12-29(13-17-31)38(43)50-34-18-11-28(25-33(34)39)8-7-27-9-14-30(44-3)15-10-27/h4-5,9-18,25,32H,1-2,6,19-24,26H2,3H3. The van der Waals surface area contributed by atoms with Gasteiger partial charge in [-0.05, 0) is 66.7 Å². The Kier molecular flexibility index (Phi) is 16.3. The summed E-state index contributed by atoms with van der Waals surface area (Å²) >= 11 is 0. The van der Waals surface area contributed by atoms with Crippen LogP contribution in [0.1, 0.15) is 40.7 Å². The van der Waals surface area contributed by atoms with Crippen molar-refractivity contribution in [1.29, 1.82) is 0 Å². The van der Waals surface area contributed by atoms with Gasteiger partial charge in [0.15, 0.2) is 11.6 Å². The van der Waals surface area contributed by atoms with E-state index in [0.717, 1.165) is 17.7 Å². The molecule has 0 aromatic heterocycles. The highest BCUT2D eigenvalue weighted by atomic mass is 19.1. The highest BCUT2D eigenvalue weighted by Gasteiger charge is 2.17. The van der Waals surface area contributed by atoms with Crippen molar-refractivity contribution in [3.05, 3.63) is 115 Å². The Hall–Kier alpha value is -5.93. The maximum absolute atomic E-state index is 14.7. The third-order valence-electron chi connectivity index (χ3n) is 6.55. The minimum atomic E-state index is -0.784. The van der Waals surface area contributed by atoms with E-state index in [9.17, 15) is 23.6 Å². The highest BCUT2D eigenvalue weighted by Crippen LogP contribution is 2.21. The molecule has 3 aromatic rings. The summed E-state index contributed by atoms with van der Waals surface area (Å²) < 4.78 is 51.6. The van der Waals surface area contributed by atoms with Crippen LogP contribution in [0.2, 0.25) is 0 Å². The minimum Gasteiger partial charge on any atom is -0.497 e. The van der Waals surface area contributed by atoms with E-state index < -0.39 is 35.8 Å². The summed E-state index contributed by atoms with van der Waals surface area (Å²) in [4.78, 5) is 47.4. The number of carbonyl (C=O) groups excluding carboxylic acids is 4. The summed E-state index contributed by atoms with van der Waals surface area (Å²) in [5.74, 6) is 3.27. The SMILES string of the molecule is C=CC(=O)OCCCOCCC(COc1ccc(C(=O)Oc2ccc(C#Cc3ccc(OC)cc3)cc2F)cc1)OC(=O)CCOC(=O)C=C. The first kappa shape index (κ1) is 38.5. The Morgan fingerprint density at radius 1 is 0.800 bits per heavy atom. The molecule has 50 heavy (non-hydrogen) atoms. The van der Waals surface area contributed by atoms with Gasteiger partial charge in [-0.15, -0.1) is 0 Å². The lowest BCUT2D eigenvalue weighted by Crippen LogP contribution is -2.27. The maximum atomic E-state index is 14.7. The Morgan fingerprint density at radius 2 is 1.44 bits per heavy atom. The number of ether oxygens (including phenoxy) is 7. The van der Waals surface area contributed by atoms with Gasteiger partial charge in [0.05, 0.1) is 32.3 Å². The number of esters is 4. The Balaban J connectivity index is 1.52. The minimum absolute atomic E-state index is 0.0544. The molecule has 0 saturated carbocycles. The summed E-state index contributed by atoms with van der Waals surface area (Å²) in [6, 6.07) is 17.1. The summed E-state index contributed by atoms with van der Waals surface area (Å²) in [5.41, 5.74) is 1.27. The highest BCUT2D eigenvalue weighted by molar-refractivity contribution is 5.91. The van der Waals surface area contributed by atoms with Crippen LogP contribution < -0.4 is 14.2 Å². The average Bonchev–Trinajstić information content (AvgIpc) is 3.13. The van der Waals surface area contributed by atoms with E-state index in [1.54, 1.807) is 37.4 Å². The van der Waals surface area contributed by atoms with Crippen molar-refractivity contribution < 1.29 is 56.7 Å². The molecule has 0 aliphatic heterocycles. The molecule has 0 aliphatic carbocycles. The molecule has 0 fully saturated rings. The van der Waals surface area contributed by atoms with E-state index in [1.807, 2.05) is 0 Å². The average molecular weight is 689 g/mol. The third-order valence-corrected chi connectivity index (χ3v) is 6.55. The molecule has 262 valence electrons. The second kappa shape index (κ2) is 21.1. The summed E-state index contributed by atoms with van der Waals surface area (Å²) in [6.45, 7) is 7.06. The fraction of sp³-hybridized carbons (Fsp3) is 0.263. The van der Waals surface area contributed by atoms with Crippen molar-refractivity contribution in [3.8, 4) is 29.1 Å². The number of halogens is 1. The Labute approximate surface area is 289 Å². The zero-order valence-electron chi connectivity index (χ0n) is 27.5. The lowest BCUT2D eigenvalue weighted by atomic mass is 10.1. The van der Waals surface area contributed by atoms with Crippen LogP contribution in [0.15, 0.2) is 92.0 Å². The van der Waals surface area contributed by atoms with Crippen molar-refractivity contribution in [2.45, 2.75) is 25.4 Å². The molecule has 3 rings (SSSR count). The molecule has 1 unspecified atom stereocenters. The monoisotopic (exact) mass is 688 g/mol. The van der Waals surface area contributed by atoms with Gasteiger partial charge in [0.2, 0.25) is 0 Å². The molecule has 11 nitrogen and oxygen atoms in total. The predicted molar refractivity (Wildman–Crippen MR) is 179 cm³/mol. The molecular formula is C38H37FO11. The van der Waals surface area contributed by atoms with Crippen LogP contribution in [0, 0.1) is 17.7 Å². The van der Waals surface area contributed by atoms with Crippen molar-refractivity contribution in [3.63, 3.8) is 0 Å². The fourth-order valence-corrected chi connectivity index (χ4v) is 3.94. The van der Waals surface area contributed by atoms with Crippen LogP contribution in [0.5, 0.6) is 17.2 Å². The number of rotatable bonds is 19. The van der Waals surface area contributed by atoms with Gasteiger partial charge in [-0.2, -0.15) is 0 Å². The van der Waals surface area contributed by atoms with E-state index in [2.05, 4.69) is 25.0 Å².